The molecular weight excluding hydrogens is 1770 g/mol. The van der Waals surface area contributed by atoms with Gasteiger partial charge < -0.3 is 57.6 Å². The molecule has 11 aliphatic rings. The topological polar surface area (TPSA) is 218 Å². The number of ether oxygens (including phenoxy) is 10. The van der Waals surface area contributed by atoms with Gasteiger partial charge in [-0.15, -0.1) is 94.1 Å². The molecule has 9 aromatic carbocycles. The average molecular weight is 1880 g/mol. The summed E-state index contributed by atoms with van der Waals surface area (Å²) in [5.41, 5.74) is 22.0. The lowest BCUT2D eigenvalue weighted by molar-refractivity contribution is -0.148. The van der Waals surface area contributed by atoms with Gasteiger partial charge >= 0.3 is 11.9 Å². The summed E-state index contributed by atoms with van der Waals surface area (Å²) in [6.07, 6.45) is 9.09. The molecule has 123 heavy (non-hydrogen) atoms. The van der Waals surface area contributed by atoms with Crippen molar-refractivity contribution in [2.75, 3.05) is 86.4 Å². The van der Waals surface area contributed by atoms with Crippen LogP contribution in [0, 0.1) is 81.1 Å². The minimum absolute atomic E-state index is 0.0585. The molecule has 4 atom stereocenters. The van der Waals surface area contributed by atoms with Gasteiger partial charge in [-0.2, -0.15) is 0 Å². The fourth-order valence-corrected chi connectivity index (χ4v) is 29.1. The van der Waals surface area contributed by atoms with Gasteiger partial charge in [0, 0.05) is 38.7 Å². The standard InChI is InChI=1S/C24H24O5S2.C20H22O3S2.C20H20O3S2.C12H15BrS2.C9H10O.C8H6O3.C4H4O2/c1-13-8-16-17(9-14(13)2)24(30-6-3-7-31-24)18-11-27-22(25)21(18)23(16,26)15-4-5-19-20(10-15)29-12-28-19;2*1-12-8-15(16(9-13(12)2)20-24-6-3-7-25-20)19(21)14-4-5-17-18(10-14)23-11-22-17;1-8-6-10(11(13)7-9(8)2)12-14-4-3-5-15-12;1-7-3-4-9(6-10)5-8(7)2;9-4-6-1-2-7-8(3-6)11-5-10-7;5-4-2-1-3-6-4/h4-5,8-10,18,21,26H,3,6-7,11-12H2,1-2H3;4-5,8-10,19-21H,3,6-7,11H2,1-2H3;4-5,8-10,20H,3,6-7,11H2,1-2H3;6-7,12H,3-5H2,1-2H3;3-6H,1-2H3;1-4H,5H2;1-2H,3H2/t18-,21-,23+;;;;;;/m1....../s1. The highest BCUT2D eigenvalue weighted by Gasteiger charge is 2.66. The Labute approximate surface area is 762 Å². The molecule has 0 aromatic heterocycles. The van der Waals surface area contributed by atoms with E-state index in [1.807, 2.05) is 157 Å². The normalized spacial score (nSPS) is 19.8. The molecule has 1 unspecified atom stereocenters. The summed E-state index contributed by atoms with van der Waals surface area (Å²) in [7, 11) is 0. The predicted molar refractivity (Wildman–Crippen MR) is 505 cm³/mol. The molecule has 17 nitrogen and oxygen atoms in total. The number of esters is 2. The third-order valence-electron chi connectivity index (χ3n) is 23.0. The molecule has 10 aliphatic heterocycles. The largest absolute Gasteiger partial charge is 0.465 e. The van der Waals surface area contributed by atoms with Crippen molar-refractivity contribution in [3.05, 3.63) is 279 Å². The molecule has 2 N–H and O–H groups in total. The van der Waals surface area contributed by atoms with Crippen LogP contribution in [0.15, 0.2) is 156 Å². The molecule has 10 heterocycles. The van der Waals surface area contributed by atoms with Gasteiger partial charge in [0.2, 0.25) is 27.2 Å². The number of ketones is 1. The average Bonchev–Trinajstić information content (AvgIpc) is 1.60. The number of aliphatic hydroxyl groups excluding tert-OH is 1. The number of carbonyl (C=O) groups is 5. The zero-order chi connectivity index (χ0) is 86.6. The maximum Gasteiger partial charge on any atom is 0.330 e. The van der Waals surface area contributed by atoms with E-state index in [0.29, 0.717) is 83.9 Å². The van der Waals surface area contributed by atoms with Crippen molar-refractivity contribution in [2.45, 2.75) is 124 Å². The van der Waals surface area contributed by atoms with E-state index >= 15 is 0 Å². The summed E-state index contributed by atoms with van der Waals surface area (Å²) >= 11 is 19.5. The molecule has 9 aromatic rings. The van der Waals surface area contributed by atoms with Crippen molar-refractivity contribution in [3.63, 3.8) is 0 Å². The fraction of sp³-hybridized carbons (Fsp3) is 0.371. The predicted octanol–water partition coefficient (Wildman–Crippen LogP) is 22.6. The van der Waals surface area contributed by atoms with Crippen molar-refractivity contribution < 1.29 is 81.6 Å². The summed E-state index contributed by atoms with van der Waals surface area (Å²) in [5.74, 6) is 13.5. The Morgan fingerprint density at radius 3 is 1.45 bits per heavy atom. The minimum atomic E-state index is -1.49. The van der Waals surface area contributed by atoms with Gasteiger partial charge in [-0.1, -0.05) is 76.6 Å². The summed E-state index contributed by atoms with van der Waals surface area (Å²) in [4.78, 5) is 56.9. The van der Waals surface area contributed by atoms with Crippen LogP contribution in [-0.4, -0.2) is 127 Å². The first-order valence-electron chi connectivity index (χ1n) is 41.0. The molecular formula is C97H101BrO17S8. The second-order valence-corrected chi connectivity index (χ2v) is 43.2. The van der Waals surface area contributed by atoms with Gasteiger partial charge in [-0.05, 0) is 326 Å². The first kappa shape index (κ1) is 91.5. The molecule has 0 amide bonds. The van der Waals surface area contributed by atoms with Crippen molar-refractivity contribution in [1.29, 1.82) is 0 Å². The molecule has 20 rings (SSSR count). The summed E-state index contributed by atoms with van der Waals surface area (Å²) in [6, 6.07) is 45.0. The number of carbonyl (C=O) groups excluding carboxylic acids is 5. The number of hydrogen-bond donors (Lipinski definition) is 2. The molecule has 5 fully saturated rings. The van der Waals surface area contributed by atoms with Crippen molar-refractivity contribution in [2.24, 2.45) is 11.8 Å². The van der Waals surface area contributed by atoms with E-state index in [2.05, 4.69) is 142 Å². The Morgan fingerprint density at radius 1 is 0.439 bits per heavy atom. The van der Waals surface area contributed by atoms with E-state index in [0.717, 1.165) is 97.8 Å². The van der Waals surface area contributed by atoms with E-state index < -0.39 is 17.6 Å². The van der Waals surface area contributed by atoms with Crippen LogP contribution in [0.1, 0.15) is 182 Å². The van der Waals surface area contributed by atoms with Gasteiger partial charge in [0.15, 0.2) is 51.8 Å². The number of rotatable bonds is 10. The second kappa shape index (κ2) is 41.8. The van der Waals surface area contributed by atoms with Gasteiger partial charge in [-0.25, -0.2) is 4.79 Å². The van der Waals surface area contributed by atoms with Gasteiger partial charge in [0.05, 0.1) is 24.4 Å². The van der Waals surface area contributed by atoms with Crippen LogP contribution < -0.4 is 37.9 Å². The summed E-state index contributed by atoms with van der Waals surface area (Å²) in [5, 5.41) is 23.6. The van der Waals surface area contributed by atoms with Crippen LogP contribution in [0.4, 0.5) is 0 Å². The van der Waals surface area contributed by atoms with Crippen LogP contribution in [0.25, 0.3) is 0 Å². The number of thioether (sulfide) groups is 8. The van der Waals surface area contributed by atoms with Gasteiger partial charge in [0.1, 0.15) is 36.8 Å². The second-order valence-electron chi connectivity index (χ2n) is 31.2. The Morgan fingerprint density at radius 2 is 0.886 bits per heavy atom. The van der Waals surface area contributed by atoms with Gasteiger partial charge in [0.25, 0.3) is 0 Å². The van der Waals surface area contributed by atoms with Crippen molar-refractivity contribution >= 4 is 140 Å². The molecule has 5 saturated heterocycles. The first-order chi connectivity index (χ1) is 59.4. The highest BCUT2D eigenvalue weighted by Crippen LogP contribution is 2.67. The highest BCUT2D eigenvalue weighted by atomic mass is 79.9. The monoisotopic (exact) mass is 1870 g/mol. The first-order valence-corrected chi connectivity index (χ1v) is 50.1. The van der Waals surface area contributed by atoms with Crippen molar-refractivity contribution in [1.82, 2.24) is 0 Å². The third-order valence-corrected chi connectivity index (χ3v) is 36.3. The Hall–Kier alpha value is -7.73. The van der Waals surface area contributed by atoms with E-state index in [4.69, 9.17) is 42.6 Å². The lowest BCUT2D eigenvalue weighted by atomic mass is 9.63. The Bertz CT molecular complexity index is 5420. The zero-order valence-electron chi connectivity index (χ0n) is 70.4. The summed E-state index contributed by atoms with van der Waals surface area (Å²) in [6.45, 7) is 22.7. The molecule has 0 saturated carbocycles. The highest BCUT2D eigenvalue weighted by molar-refractivity contribution is 9.10. The van der Waals surface area contributed by atoms with Crippen LogP contribution in [0.2, 0.25) is 0 Å². The lowest BCUT2D eigenvalue weighted by Gasteiger charge is -2.52. The number of fused-ring (bicyclic) bond motifs is 8. The number of benzene rings is 9. The smallest absolute Gasteiger partial charge is 0.330 e. The number of aryl methyl sites for hydroxylation is 10. The fourth-order valence-electron chi connectivity index (χ4n) is 15.6. The molecule has 0 radical (unpaired) electrons. The van der Waals surface area contributed by atoms with Gasteiger partial charge in [-0.3, -0.25) is 19.2 Å². The number of aliphatic hydroxyl groups is 2. The SMILES string of the molecule is Cc1cc(Br)c(C2SCCCS2)cc1C.Cc1cc(C(=O)c2ccc3c(c2)OCO3)c(C2SCCCS2)cc1C.Cc1cc(C2SCCCS2)c(C(O)c2ccc3c(c2)OCO3)cc1C.Cc1cc2c(cc1C)[C@@](O)(c1ccc3c(c1)OCO3)[C@H]1C(=O)OC[C@H]1C21SCCCS1.Cc1ccc(C=O)cc1C.O=C1C=CCO1.O=Cc1ccc2c(c1)OCO2. The number of aldehydes is 2. The van der Waals surface area contributed by atoms with E-state index in [9.17, 15) is 34.2 Å². The van der Waals surface area contributed by atoms with Crippen molar-refractivity contribution in [3.8, 4) is 46.0 Å². The minimum Gasteiger partial charge on any atom is -0.465 e. The lowest BCUT2D eigenvalue weighted by Crippen LogP contribution is -2.53. The number of cyclic esters (lactones) is 2. The van der Waals surface area contributed by atoms with Crippen LogP contribution >= 0.6 is 110 Å². The van der Waals surface area contributed by atoms with Crippen LogP contribution in [0.3, 0.4) is 0 Å². The molecule has 0 bridgehead atoms. The molecule has 1 aliphatic carbocycles. The van der Waals surface area contributed by atoms with E-state index in [1.54, 1.807) is 30.3 Å². The van der Waals surface area contributed by atoms with Crippen LogP contribution in [-0.2, 0) is 28.7 Å². The molecule has 1 spiro atoms. The van der Waals surface area contributed by atoms with Crippen LogP contribution in [0.5, 0.6) is 46.0 Å². The number of hydrogen-bond acceptors (Lipinski definition) is 25. The molecule has 26 heteroatoms. The maximum atomic E-state index is 13.3. The molecule has 646 valence electrons. The Kier molecular flexibility index (Phi) is 31.1. The van der Waals surface area contributed by atoms with E-state index in [-0.39, 0.29) is 54.9 Å². The maximum absolute atomic E-state index is 13.3. The third kappa shape index (κ3) is 21.1. The Balaban J connectivity index is 0.000000123. The van der Waals surface area contributed by atoms with E-state index in [1.165, 1.54) is 108 Å². The summed E-state index contributed by atoms with van der Waals surface area (Å²) < 4.78 is 55.2. The zero-order valence-corrected chi connectivity index (χ0v) is 78.6. The quantitative estimate of drug-likeness (QED) is 0.0739. The number of halogens is 1.